The van der Waals surface area contributed by atoms with Gasteiger partial charge in [-0.3, -0.25) is 0 Å². The van der Waals surface area contributed by atoms with Gasteiger partial charge in [0.1, 0.15) is 24.1 Å². The maximum absolute atomic E-state index is 11.0. The van der Waals surface area contributed by atoms with Gasteiger partial charge in [0.15, 0.2) is 6.10 Å². The Hall–Kier alpha value is -1.91. The number of rotatable bonds is 5. The first-order chi connectivity index (χ1) is 11.9. The molecule has 1 heterocycles. The third kappa shape index (κ3) is 4.80. The maximum atomic E-state index is 11.0. The number of benzene rings is 1. The molecule has 9 heteroatoms. The number of aliphatic hydroxyl groups excluding tert-OH is 4. The van der Waals surface area contributed by atoms with Crippen LogP contribution in [0.3, 0.4) is 0 Å². The SMILES string of the molecule is CC.CNc1cc(CO)ccc1OC1OC(C(=O)O)C(O)C(O)C1O. The number of hydrogen-bond donors (Lipinski definition) is 6. The Morgan fingerprint density at radius 1 is 1.20 bits per heavy atom. The average molecular weight is 359 g/mol. The van der Waals surface area contributed by atoms with Crippen molar-refractivity contribution in [2.75, 3.05) is 12.4 Å². The predicted molar refractivity (Wildman–Crippen MR) is 88.2 cm³/mol. The van der Waals surface area contributed by atoms with Crippen LogP contribution in [0, 0.1) is 0 Å². The van der Waals surface area contributed by atoms with E-state index < -0.39 is 36.7 Å². The highest BCUT2D eigenvalue weighted by Crippen LogP contribution is 2.30. The first-order valence-electron chi connectivity index (χ1n) is 7.89. The number of anilines is 1. The topological polar surface area (TPSA) is 149 Å². The highest BCUT2D eigenvalue weighted by atomic mass is 16.7. The first kappa shape index (κ1) is 21.1. The van der Waals surface area contributed by atoms with Gasteiger partial charge in [0, 0.05) is 7.05 Å². The van der Waals surface area contributed by atoms with Crippen LogP contribution in [0.1, 0.15) is 19.4 Å². The molecular formula is C16H25NO8. The monoisotopic (exact) mass is 359 g/mol. The fourth-order valence-corrected chi connectivity index (χ4v) is 2.25. The van der Waals surface area contributed by atoms with E-state index in [0.717, 1.165) is 0 Å². The van der Waals surface area contributed by atoms with Crippen LogP contribution in [-0.4, -0.2) is 69.3 Å². The van der Waals surface area contributed by atoms with E-state index in [2.05, 4.69) is 5.32 Å². The Labute approximate surface area is 145 Å². The summed E-state index contributed by atoms with van der Waals surface area (Å²) in [5.41, 5.74) is 1.09. The Morgan fingerprint density at radius 2 is 1.84 bits per heavy atom. The third-order valence-corrected chi connectivity index (χ3v) is 3.55. The van der Waals surface area contributed by atoms with Crippen molar-refractivity contribution in [2.24, 2.45) is 0 Å². The molecule has 6 N–H and O–H groups in total. The van der Waals surface area contributed by atoms with E-state index in [4.69, 9.17) is 19.7 Å². The van der Waals surface area contributed by atoms with Crippen LogP contribution in [0.15, 0.2) is 18.2 Å². The van der Waals surface area contributed by atoms with Gasteiger partial charge in [0.25, 0.3) is 0 Å². The van der Waals surface area contributed by atoms with Crippen LogP contribution in [0.25, 0.3) is 0 Å². The fraction of sp³-hybridized carbons (Fsp3) is 0.562. The molecule has 1 aliphatic rings. The molecule has 25 heavy (non-hydrogen) atoms. The van der Waals surface area contributed by atoms with Crippen LogP contribution >= 0.6 is 0 Å². The molecule has 5 atom stereocenters. The molecule has 1 fully saturated rings. The largest absolute Gasteiger partial charge is 0.479 e. The summed E-state index contributed by atoms with van der Waals surface area (Å²) in [6.07, 6.45) is -8.36. The molecule has 2 rings (SSSR count). The van der Waals surface area contributed by atoms with Crippen molar-refractivity contribution in [3.05, 3.63) is 23.8 Å². The lowest BCUT2D eigenvalue weighted by Gasteiger charge is -2.38. The Morgan fingerprint density at radius 3 is 2.36 bits per heavy atom. The summed E-state index contributed by atoms with van der Waals surface area (Å²) in [5.74, 6) is -1.26. The number of hydrogen-bond acceptors (Lipinski definition) is 8. The molecule has 1 aromatic carbocycles. The molecule has 1 aliphatic heterocycles. The number of nitrogens with one attached hydrogen (secondary N) is 1. The van der Waals surface area contributed by atoms with Gasteiger partial charge in [-0.05, 0) is 17.7 Å². The molecule has 0 aliphatic carbocycles. The summed E-state index contributed by atoms with van der Waals surface area (Å²) >= 11 is 0. The van der Waals surface area contributed by atoms with Crippen LogP contribution in [0.5, 0.6) is 5.75 Å². The number of carboxylic acids is 1. The van der Waals surface area contributed by atoms with E-state index in [0.29, 0.717) is 11.3 Å². The van der Waals surface area contributed by atoms with E-state index in [-0.39, 0.29) is 12.4 Å². The molecule has 0 spiro atoms. The highest BCUT2D eigenvalue weighted by Gasteiger charge is 2.48. The van der Waals surface area contributed by atoms with E-state index in [1.807, 2.05) is 13.8 Å². The van der Waals surface area contributed by atoms with E-state index in [1.54, 1.807) is 19.2 Å². The second-order valence-corrected chi connectivity index (χ2v) is 5.09. The smallest absolute Gasteiger partial charge is 0.335 e. The summed E-state index contributed by atoms with van der Waals surface area (Å²) < 4.78 is 10.5. The molecular weight excluding hydrogens is 334 g/mol. The van der Waals surface area contributed by atoms with Crippen LogP contribution < -0.4 is 10.1 Å². The van der Waals surface area contributed by atoms with Crippen molar-refractivity contribution in [3.8, 4) is 5.75 Å². The normalized spacial score (nSPS) is 28.5. The van der Waals surface area contributed by atoms with Gasteiger partial charge in [-0.15, -0.1) is 0 Å². The fourth-order valence-electron chi connectivity index (χ4n) is 2.25. The number of carbonyl (C=O) groups is 1. The minimum absolute atomic E-state index is 0.177. The molecule has 1 aromatic rings. The zero-order valence-electron chi connectivity index (χ0n) is 14.3. The molecule has 0 radical (unpaired) electrons. The second kappa shape index (κ2) is 9.54. The Kier molecular flexibility index (Phi) is 8.07. The zero-order valence-corrected chi connectivity index (χ0v) is 14.3. The van der Waals surface area contributed by atoms with Gasteiger partial charge in [-0.2, -0.15) is 0 Å². The molecule has 0 saturated carbocycles. The van der Waals surface area contributed by atoms with Crippen molar-refractivity contribution in [3.63, 3.8) is 0 Å². The molecule has 1 saturated heterocycles. The number of aliphatic hydroxyl groups is 4. The zero-order chi connectivity index (χ0) is 19.1. The highest BCUT2D eigenvalue weighted by molar-refractivity contribution is 5.73. The van der Waals surface area contributed by atoms with Crippen molar-refractivity contribution >= 4 is 11.7 Å². The molecule has 9 nitrogen and oxygen atoms in total. The van der Waals surface area contributed by atoms with Crippen molar-refractivity contribution in [1.82, 2.24) is 0 Å². The van der Waals surface area contributed by atoms with Crippen molar-refractivity contribution in [2.45, 2.75) is 51.2 Å². The molecule has 0 amide bonds. The summed E-state index contributed by atoms with van der Waals surface area (Å²) in [5, 5.41) is 50.2. The molecule has 5 unspecified atom stereocenters. The van der Waals surface area contributed by atoms with Gasteiger partial charge in [0.05, 0.1) is 12.3 Å². The van der Waals surface area contributed by atoms with Gasteiger partial charge >= 0.3 is 5.97 Å². The number of carboxylic acid groups (broad SMARTS) is 1. The van der Waals surface area contributed by atoms with Crippen LogP contribution in [-0.2, 0) is 16.1 Å². The predicted octanol–water partition coefficient (Wildman–Crippen LogP) is -0.482. The Bertz CT molecular complexity index is 567. The van der Waals surface area contributed by atoms with E-state index in [1.165, 1.54) is 6.07 Å². The maximum Gasteiger partial charge on any atom is 0.335 e. The van der Waals surface area contributed by atoms with Crippen LogP contribution in [0.2, 0.25) is 0 Å². The van der Waals surface area contributed by atoms with Gasteiger partial charge in [-0.1, -0.05) is 19.9 Å². The molecule has 142 valence electrons. The van der Waals surface area contributed by atoms with Crippen molar-refractivity contribution in [1.29, 1.82) is 0 Å². The standard InChI is InChI=1S/C14H19NO8.C2H6/c1-15-7-4-6(5-16)2-3-8(7)22-14-11(19)9(17)10(18)12(23-14)13(20)21;1-2/h2-4,9-12,14-19H,5H2,1H3,(H,20,21);1-2H3. The lowest BCUT2D eigenvalue weighted by Crippen LogP contribution is -2.61. The van der Waals surface area contributed by atoms with E-state index in [9.17, 15) is 20.1 Å². The quantitative estimate of drug-likeness (QED) is 0.410. The minimum Gasteiger partial charge on any atom is -0.479 e. The molecule has 0 bridgehead atoms. The lowest BCUT2D eigenvalue weighted by molar-refractivity contribution is -0.271. The second-order valence-electron chi connectivity index (χ2n) is 5.09. The number of aliphatic carboxylic acids is 1. The number of ether oxygens (including phenoxy) is 2. The Balaban J connectivity index is 0.00000151. The summed E-state index contributed by atoms with van der Waals surface area (Å²) in [4.78, 5) is 11.0. The summed E-state index contributed by atoms with van der Waals surface area (Å²) in [6.45, 7) is 3.82. The average Bonchev–Trinajstić information content (AvgIpc) is 2.63. The van der Waals surface area contributed by atoms with E-state index >= 15 is 0 Å². The van der Waals surface area contributed by atoms with Gasteiger partial charge in [-0.25, -0.2) is 4.79 Å². The molecule has 0 aromatic heterocycles. The van der Waals surface area contributed by atoms with Gasteiger partial charge in [0.2, 0.25) is 6.29 Å². The lowest BCUT2D eigenvalue weighted by atomic mass is 9.99. The van der Waals surface area contributed by atoms with Crippen LogP contribution in [0.4, 0.5) is 5.69 Å². The minimum atomic E-state index is -1.78. The van der Waals surface area contributed by atoms with Gasteiger partial charge < -0.3 is 40.3 Å². The summed E-state index contributed by atoms with van der Waals surface area (Å²) in [6, 6.07) is 4.68. The first-order valence-corrected chi connectivity index (χ1v) is 7.89. The van der Waals surface area contributed by atoms with Crippen molar-refractivity contribution < 1.29 is 39.8 Å². The third-order valence-electron chi connectivity index (χ3n) is 3.55. The summed E-state index contributed by atoms with van der Waals surface area (Å²) in [7, 11) is 1.61.